The average molecular weight is 558 g/mol. The Morgan fingerprint density at radius 2 is 0.865 bits per heavy atom. The Labute approximate surface area is 192 Å². The van der Waals surface area contributed by atoms with Gasteiger partial charge in [-0.3, -0.25) is 0 Å². The lowest BCUT2D eigenvalue weighted by molar-refractivity contribution is 0.135. The Hall–Kier alpha value is -3.46. The van der Waals surface area contributed by atoms with E-state index in [1.165, 1.54) is 0 Å². The number of benzene rings is 2. The molecule has 0 nitrogen and oxygen atoms in total. The maximum Gasteiger partial charge on any atom is 0.200 e. The predicted octanol–water partition coefficient (Wildman–Crippen LogP) is 8.23. The maximum atomic E-state index is 15.4. The minimum atomic E-state index is -5.16. The van der Waals surface area contributed by atoms with E-state index in [0.29, 0.717) is 0 Å². The van der Waals surface area contributed by atoms with Gasteiger partial charge in [0.25, 0.3) is 0 Å². The summed E-state index contributed by atoms with van der Waals surface area (Å²) in [4.78, 5) is 0. The van der Waals surface area contributed by atoms with Crippen molar-refractivity contribution < 1.29 is 70.2 Å². The summed E-state index contributed by atoms with van der Waals surface area (Å²) in [5.41, 5.74) is -13.0. The number of alkyl halides is 1. The Morgan fingerprint density at radius 1 is 0.432 bits per heavy atom. The molecule has 0 heterocycles. The van der Waals surface area contributed by atoms with E-state index in [2.05, 4.69) is 0 Å². The number of allylic oxidation sites excluding steroid dienone is 5. The van der Waals surface area contributed by atoms with Crippen LogP contribution in [0.15, 0.2) is 29.1 Å². The van der Waals surface area contributed by atoms with E-state index in [-0.39, 0.29) is 0 Å². The summed E-state index contributed by atoms with van der Waals surface area (Å²) in [5, 5.41) is 0. The second-order valence-electron chi connectivity index (χ2n) is 7.61. The van der Waals surface area contributed by atoms with Crippen LogP contribution in [0.4, 0.5) is 70.2 Å². The van der Waals surface area contributed by atoms with Gasteiger partial charge in [0, 0.05) is 11.1 Å². The number of hydrogen-bond donors (Lipinski definition) is 0. The van der Waals surface area contributed by atoms with Crippen molar-refractivity contribution in [1.29, 1.82) is 0 Å². The molecule has 2 aromatic rings. The molecule has 0 saturated heterocycles. The molecular weight excluding hydrogens is 556 g/mol. The molecule has 4 rings (SSSR count). The maximum absolute atomic E-state index is 15.4. The van der Waals surface area contributed by atoms with E-state index >= 15 is 13.2 Å². The van der Waals surface area contributed by atoms with Gasteiger partial charge in [0.1, 0.15) is 11.2 Å². The molecule has 2 aliphatic carbocycles. The molecule has 0 amide bonds. The molecule has 0 spiro atoms. The molecule has 198 valence electrons. The van der Waals surface area contributed by atoms with Crippen LogP contribution >= 0.6 is 0 Å². The van der Waals surface area contributed by atoms with Crippen LogP contribution in [0.25, 0.3) is 5.83 Å². The predicted molar refractivity (Wildman–Crippen MR) is 89.4 cm³/mol. The molecule has 16 heteroatoms. The molecule has 37 heavy (non-hydrogen) atoms. The highest BCUT2D eigenvalue weighted by Gasteiger charge is 2.66. The SMILES string of the molecule is FC1=C(F)C(F)C(c2c(F)c(F)c(F)c(F)c2F)(C2C(F)=C(F)c3c(F)c(F)c(F)c(F)c32)C(F)=C1F. The third-order valence-corrected chi connectivity index (χ3v) is 5.93. The fraction of sp³-hybridized carbons (Fsp3) is 0.143. The van der Waals surface area contributed by atoms with Crippen LogP contribution in [-0.2, 0) is 5.41 Å². The number of rotatable bonds is 2. The molecule has 3 atom stereocenters. The molecule has 2 aromatic carbocycles. The third kappa shape index (κ3) is 3.00. The van der Waals surface area contributed by atoms with Crippen LogP contribution in [-0.4, -0.2) is 6.17 Å². The first kappa shape index (κ1) is 26.6. The standard InChI is InChI=1S/C21H2F16/c22-5-1-2(7(24)12(29)11(5)28)6(23)8(25)3(1)21(19(36)17(34)16(33)18(35)20(21)37)4-9(26)13(30)15(32)14(31)10(4)27/h3,19H. The van der Waals surface area contributed by atoms with Crippen molar-refractivity contribution in [3.8, 4) is 0 Å². The van der Waals surface area contributed by atoms with E-state index in [1.807, 2.05) is 0 Å². The highest BCUT2D eigenvalue weighted by molar-refractivity contribution is 5.76. The van der Waals surface area contributed by atoms with Crippen LogP contribution in [0.3, 0.4) is 0 Å². The molecule has 0 aliphatic heterocycles. The van der Waals surface area contributed by atoms with Crippen molar-refractivity contribution in [3.63, 3.8) is 0 Å². The molecule has 0 saturated carbocycles. The van der Waals surface area contributed by atoms with Gasteiger partial charge in [-0.05, 0) is 0 Å². The van der Waals surface area contributed by atoms with E-state index < -0.39 is 122 Å². The molecule has 3 unspecified atom stereocenters. The molecule has 0 bridgehead atoms. The van der Waals surface area contributed by atoms with Gasteiger partial charge in [0.2, 0.25) is 5.82 Å². The summed E-state index contributed by atoms with van der Waals surface area (Å²) in [7, 11) is 0. The average Bonchev–Trinajstić information content (AvgIpc) is 3.14. The van der Waals surface area contributed by atoms with Crippen molar-refractivity contribution in [3.05, 3.63) is 98.2 Å². The lowest BCUT2D eigenvalue weighted by atomic mass is 9.61. The van der Waals surface area contributed by atoms with E-state index in [1.54, 1.807) is 0 Å². The summed E-state index contributed by atoms with van der Waals surface area (Å²) >= 11 is 0. The smallest absolute Gasteiger partial charge is 0.200 e. The summed E-state index contributed by atoms with van der Waals surface area (Å²) in [6, 6.07) is 0. The normalized spacial score (nSPS) is 24.0. The zero-order valence-electron chi connectivity index (χ0n) is 16.7. The van der Waals surface area contributed by atoms with Crippen LogP contribution in [0.1, 0.15) is 22.6 Å². The Morgan fingerprint density at radius 3 is 1.38 bits per heavy atom. The fourth-order valence-corrected chi connectivity index (χ4v) is 4.36. The van der Waals surface area contributed by atoms with Crippen molar-refractivity contribution in [2.24, 2.45) is 0 Å². The summed E-state index contributed by atoms with van der Waals surface area (Å²) in [6.45, 7) is 0. The summed E-state index contributed by atoms with van der Waals surface area (Å²) in [5.74, 6) is -50.6. The molecule has 0 radical (unpaired) electrons. The highest BCUT2D eigenvalue weighted by Crippen LogP contribution is 2.64. The molecule has 2 aliphatic rings. The molecular formula is C21H2F16. The van der Waals surface area contributed by atoms with Gasteiger partial charge < -0.3 is 0 Å². The third-order valence-electron chi connectivity index (χ3n) is 5.93. The van der Waals surface area contributed by atoms with Crippen LogP contribution in [0, 0.1) is 52.4 Å². The zero-order chi connectivity index (χ0) is 28.0. The summed E-state index contributed by atoms with van der Waals surface area (Å²) in [6.07, 6.45) is -4.61. The van der Waals surface area contributed by atoms with Crippen molar-refractivity contribution in [2.75, 3.05) is 0 Å². The van der Waals surface area contributed by atoms with Gasteiger partial charge in [0.05, 0.1) is 11.5 Å². The van der Waals surface area contributed by atoms with E-state index in [9.17, 15) is 57.1 Å². The number of halogens is 16. The quantitative estimate of drug-likeness (QED) is 0.198. The van der Waals surface area contributed by atoms with Gasteiger partial charge in [-0.25, -0.2) is 70.2 Å². The topological polar surface area (TPSA) is 0 Å². The Bertz CT molecular complexity index is 1470. The Balaban J connectivity index is 2.32. The molecule has 0 N–H and O–H groups in total. The number of hydrogen-bond acceptors (Lipinski definition) is 0. The van der Waals surface area contributed by atoms with E-state index in [4.69, 9.17) is 0 Å². The lowest BCUT2D eigenvalue weighted by Crippen LogP contribution is -2.48. The van der Waals surface area contributed by atoms with Gasteiger partial charge >= 0.3 is 0 Å². The highest BCUT2D eigenvalue weighted by atomic mass is 19.2. The first-order valence-electron chi connectivity index (χ1n) is 9.25. The largest absolute Gasteiger partial charge is 0.238 e. The minimum absolute atomic E-state index is 2.35. The molecule has 0 aromatic heterocycles. The van der Waals surface area contributed by atoms with Crippen molar-refractivity contribution >= 4 is 5.83 Å². The zero-order valence-corrected chi connectivity index (χ0v) is 16.7. The second-order valence-corrected chi connectivity index (χ2v) is 7.61. The van der Waals surface area contributed by atoms with Crippen molar-refractivity contribution in [1.82, 2.24) is 0 Å². The van der Waals surface area contributed by atoms with Crippen molar-refractivity contribution in [2.45, 2.75) is 17.5 Å². The Kier molecular flexibility index (Phi) is 5.95. The lowest BCUT2D eigenvalue weighted by Gasteiger charge is -2.42. The van der Waals surface area contributed by atoms with Gasteiger partial charge in [-0.1, -0.05) is 0 Å². The summed E-state index contributed by atoms with van der Waals surface area (Å²) < 4.78 is 230. The fourth-order valence-electron chi connectivity index (χ4n) is 4.36. The minimum Gasteiger partial charge on any atom is -0.238 e. The van der Waals surface area contributed by atoms with Gasteiger partial charge in [0.15, 0.2) is 81.8 Å². The van der Waals surface area contributed by atoms with Crippen LogP contribution < -0.4 is 0 Å². The van der Waals surface area contributed by atoms with Crippen LogP contribution in [0.2, 0.25) is 0 Å². The van der Waals surface area contributed by atoms with Gasteiger partial charge in [-0.2, -0.15) is 0 Å². The second kappa shape index (κ2) is 8.28. The monoisotopic (exact) mass is 558 g/mol. The first-order valence-corrected chi connectivity index (χ1v) is 9.25. The van der Waals surface area contributed by atoms with Gasteiger partial charge in [-0.15, -0.1) is 0 Å². The van der Waals surface area contributed by atoms with E-state index in [0.717, 1.165) is 0 Å². The molecule has 0 fully saturated rings. The first-order chi connectivity index (χ1) is 17.1. The van der Waals surface area contributed by atoms with Crippen LogP contribution in [0.5, 0.6) is 0 Å². The number of fused-ring (bicyclic) bond motifs is 1.